The van der Waals surface area contributed by atoms with Crippen LogP contribution >= 0.6 is 0 Å². The van der Waals surface area contributed by atoms with Crippen molar-refractivity contribution in [3.05, 3.63) is 29.8 Å². The fourth-order valence-electron chi connectivity index (χ4n) is 2.96. The number of phenolic OH excluding ortho intramolecular Hbond substituents is 1. The maximum Gasteiger partial charge on any atom is 0.115 e. The number of benzene rings is 1. The molecule has 19 heavy (non-hydrogen) atoms. The van der Waals surface area contributed by atoms with E-state index in [2.05, 4.69) is 12.2 Å². The van der Waals surface area contributed by atoms with Crippen molar-refractivity contribution in [2.75, 3.05) is 6.54 Å². The van der Waals surface area contributed by atoms with E-state index in [0.29, 0.717) is 17.7 Å². The molecule has 0 amide bonds. The highest BCUT2D eigenvalue weighted by Crippen LogP contribution is 2.25. The summed E-state index contributed by atoms with van der Waals surface area (Å²) in [6, 6.07) is 7.77. The van der Waals surface area contributed by atoms with Crippen LogP contribution in [0.1, 0.15) is 50.6 Å². The lowest BCUT2D eigenvalue weighted by atomic mass is 9.87. The molecule has 3 unspecified atom stereocenters. The van der Waals surface area contributed by atoms with Crippen molar-refractivity contribution in [3.8, 4) is 5.75 Å². The summed E-state index contributed by atoms with van der Waals surface area (Å²) in [6.07, 6.45) is 5.18. The van der Waals surface area contributed by atoms with Crippen molar-refractivity contribution < 1.29 is 10.2 Å². The van der Waals surface area contributed by atoms with Gasteiger partial charge in [0.15, 0.2) is 0 Å². The minimum absolute atomic E-state index is 0.103. The smallest absolute Gasteiger partial charge is 0.115 e. The Bertz CT molecular complexity index is 377. The molecule has 0 bridgehead atoms. The van der Waals surface area contributed by atoms with Crippen LogP contribution in [0.15, 0.2) is 24.3 Å². The fourth-order valence-corrected chi connectivity index (χ4v) is 2.96. The van der Waals surface area contributed by atoms with E-state index < -0.39 is 0 Å². The number of phenols is 1. The Hall–Kier alpha value is -1.06. The molecule has 1 aromatic rings. The first-order chi connectivity index (χ1) is 9.19. The first kappa shape index (κ1) is 14.4. The topological polar surface area (TPSA) is 52.5 Å². The van der Waals surface area contributed by atoms with Crippen molar-refractivity contribution in [2.45, 2.75) is 51.2 Å². The van der Waals surface area contributed by atoms with Crippen LogP contribution in [-0.4, -0.2) is 22.9 Å². The first-order valence-corrected chi connectivity index (χ1v) is 7.39. The summed E-state index contributed by atoms with van der Waals surface area (Å²) in [6.45, 7) is 3.14. The van der Waals surface area contributed by atoms with Gasteiger partial charge in [-0.25, -0.2) is 0 Å². The molecule has 2 rings (SSSR count). The Morgan fingerprint density at radius 2 is 2.00 bits per heavy atom. The highest BCUT2D eigenvalue weighted by Gasteiger charge is 2.20. The molecule has 0 spiro atoms. The lowest BCUT2D eigenvalue weighted by Gasteiger charge is -2.28. The Morgan fingerprint density at radius 1 is 1.26 bits per heavy atom. The predicted molar refractivity (Wildman–Crippen MR) is 77.1 cm³/mol. The average Bonchev–Trinajstić information content (AvgIpc) is 2.41. The Balaban J connectivity index is 1.87. The van der Waals surface area contributed by atoms with E-state index >= 15 is 0 Å². The van der Waals surface area contributed by atoms with Gasteiger partial charge in [0.2, 0.25) is 0 Å². The molecule has 106 valence electrons. The van der Waals surface area contributed by atoms with Crippen molar-refractivity contribution in [2.24, 2.45) is 5.92 Å². The predicted octanol–water partition coefficient (Wildman–Crippen LogP) is 2.98. The second-order valence-electron chi connectivity index (χ2n) is 5.65. The van der Waals surface area contributed by atoms with Gasteiger partial charge in [-0.1, -0.05) is 25.5 Å². The normalized spacial score (nSPS) is 25.2. The molecule has 0 heterocycles. The molecule has 1 aromatic carbocycles. The van der Waals surface area contributed by atoms with E-state index in [-0.39, 0.29) is 6.10 Å². The zero-order chi connectivity index (χ0) is 13.7. The van der Waals surface area contributed by atoms with Gasteiger partial charge >= 0.3 is 0 Å². The molecule has 1 aliphatic carbocycles. The first-order valence-electron chi connectivity index (χ1n) is 7.39. The maximum absolute atomic E-state index is 9.69. The summed E-state index contributed by atoms with van der Waals surface area (Å²) < 4.78 is 0. The van der Waals surface area contributed by atoms with E-state index in [4.69, 9.17) is 0 Å². The third-order valence-electron chi connectivity index (χ3n) is 4.11. The zero-order valence-corrected chi connectivity index (χ0v) is 11.7. The maximum atomic E-state index is 9.69. The molecule has 3 N–H and O–H groups in total. The van der Waals surface area contributed by atoms with Gasteiger partial charge in [0.1, 0.15) is 5.75 Å². The highest BCUT2D eigenvalue weighted by molar-refractivity contribution is 5.27. The largest absolute Gasteiger partial charge is 0.508 e. The minimum Gasteiger partial charge on any atom is -0.508 e. The molecule has 1 aliphatic rings. The second-order valence-corrected chi connectivity index (χ2v) is 5.65. The lowest BCUT2D eigenvalue weighted by molar-refractivity contribution is 0.0995. The molecule has 3 atom stereocenters. The molecular formula is C16H25NO2. The van der Waals surface area contributed by atoms with E-state index in [1.807, 2.05) is 12.1 Å². The van der Waals surface area contributed by atoms with Gasteiger partial charge in [-0.2, -0.15) is 0 Å². The number of rotatable bonds is 5. The van der Waals surface area contributed by atoms with Gasteiger partial charge < -0.3 is 15.5 Å². The van der Waals surface area contributed by atoms with Crippen molar-refractivity contribution in [3.63, 3.8) is 0 Å². The van der Waals surface area contributed by atoms with Crippen LogP contribution in [0.5, 0.6) is 5.75 Å². The fraction of sp³-hybridized carbons (Fsp3) is 0.625. The van der Waals surface area contributed by atoms with E-state index in [1.54, 1.807) is 12.1 Å². The Kier molecular flexibility index (Phi) is 5.23. The Morgan fingerprint density at radius 3 is 2.63 bits per heavy atom. The molecule has 1 saturated carbocycles. The van der Waals surface area contributed by atoms with Gasteiger partial charge in [0.05, 0.1) is 6.10 Å². The van der Waals surface area contributed by atoms with E-state index in [0.717, 1.165) is 32.2 Å². The third kappa shape index (κ3) is 4.22. The van der Waals surface area contributed by atoms with Crippen LogP contribution in [-0.2, 0) is 0 Å². The van der Waals surface area contributed by atoms with Gasteiger partial charge in [-0.05, 0) is 55.8 Å². The van der Waals surface area contributed by atoms with Crippen LogP contribution in [0.4, 0.5) is 0 Å². The number of aromatic hydroxyl groups is 1. The van der Waals surface area contributed by atoms with Crippen LogP contribution in [0.2, 0.25) is 0 Å². The molecule has 0 radical (unpaired) electrons. The van der Waals surface area contributed by atoms with Crippen LogP contribution in [0, 0.1) is 5.92 Å². The molecule has 3 nitrogen and oxygen atoms in total. The molecule has 0 aliphatic heterocycles. The number of hydrogen-bond acceptors (Lipinski definition) is 3. The Labute approximate surface area is 115 Å². The number of aliphatic hydroxyl groups is 1. The minimum atomic E-state index is -0.103. The van der Waals surface area contributed by atoms with Crippen LogP contribution < -0.4 is 5.32 Å². The molecule has 1 fully saturated rings. The summed E-state index contributed by atoms with van der Waals surface area (Å²) in [5.74, 6) is 0.906. The highest BCUT2D eigenvalue weighted by atomic mass is 16.3. The average molecular weight is 263 g/mol. The van der Waals surface area contributed by atoms with Crippen LogP contribution in [0.3, 0.4) is 0 Å². The monoisotopic (exact) mass is 263 g/mol. The number of aliphatic hydroxyl groups excluding tert-OH is 1. The van der Waals surface area contributed by atoms with Gasteiger partial charge in [-0.15, -0.1) is 0 Å². The van der Waals surface area contributed by atoms with Gasteiger partial charge in [-0.3, -0.25) is 0 Å². The third-order valence-corrected chi connectivity index (χ3v) is 4.11. The summed E-state index contributed by atoms with van der Waals surface area (Å²) in [7, 11) is 0. The lowest BCUT2D eigenvalue weighted by Crippen LogP contribution is -2.31. The standard InChI is InChI=1S/C16H25NO2/c1-2-16(13-6-8-14(18)9-7-13)17-11-12-4-3-5-15(19)10-12/h6-9,12,15-19H,2-5,10-11H2,1H3. The summed E-state index contributed by atoms with van der Waals surface area (Å²) in [4.78, 5) is 0. The summed E-state index contributed by atoms with van der Waals surface area (Å²) >= 11 is 0. The van der Waals surface area contributed by atoms with E-state index in [9.17, 15) is 10.2 Å². The summed E-state index contributed by atoms with van der Waals surface area (Å²) in [5, 5.41) is 22.6. The molecule has 3 heteroatoms. The molecular weight excluding hydrogens is 238 g/mol. The number of hydrogen-bond donors (Lipinski definition) is 3. The SMILES string of the molecule is CCC(NCC1CCCC(O)C1)c1ccc(O)cc1. The van der Waals surface area contributed by atoms with Crippen molar-refractivity contribution >= 4 is 0 Å². The van der Waals surface area contributed by atoms with Crippen molar-refractivity contribution in [1.82, 2.24) is 5.32 Å². The second kappa shape index (κ2) is 6.92. The van der Waals surface area contributed by atoms with Crippen molar-refractivity contribution in [1.29, 1.82) is 0 Å². The molecule has 0 saturated heterocycles. The van der Waals surface area contributed by atoms with Gasteiger partial charge in [0, 0.05) is 6.04 Å². The van der Waals surface area contributed by atoms with Gasteiger partial charge in [0.25, 0.3) is 0 Å². The number of nitrogens with one attached hydrogen (secondary N) is 1. The van der Waals surface area contributed by atoms with E-state index in [1.165, 1.54) is 12.0 Å². The zero-order valence-electron chi connectivity index (χ0n) is 11.7. The summed E-state index contributed by atoms with van der Waals surface area (Å²) in [5.41, 5.74) is 1.22. The molecule has 0 aromatic heterocycles. The van der Waals surface area contributed by atoms with Crippen LogP contribution in [0.25, 0.3) is 0 Å². The quantitative estimate of drug-likeness (QED) is 0.765.